The van der Waals surface area contributed by atoms with Gasteiger partial charge in [-0.3, -0.25) is 4.99 Å². The first-order chi connectivity index (χ1) is 11.4. The molecule has 0 atom stereocenters. The second kappa shape index (κ2) is 11.4. The van der Waals surface area contributed by atoms with E-state index in [4.69, 9.17) is 9.47 Å². The molecule has 1 rings (SSSR count). The molecule has 0 amide bonds. The Morgan fingerprint density at radius 3 is 2.48 bits per heavy atom. The molecule has 1 N–H and O–H groups in total. The monoisotopic (exact) mass is 485 g/mol. The van der Waals surface area contributed by atoms with Crippen molar-refractivity contribution in [2.24, 2.45) is 4.99 Å². The summed E-state index contributed by atoms with van der Waals surface area (Å²) in [4.78, 5) is 6.10. The Balaban J connectivity index is 0.00000576. The first-order valence-electron chi connectivity index (χ1n) is 7.70. The van der Waals surface area contributed by atoms with Gasteiger partial charge >= 0.3 is 0 Å². The lowest BCUT2D eigenvalue weighted by atomic mass is 10.2. The lowest BCUT2D eigenvalue weighted by Crippen LogP contribution is -2.40. The molecule has 0 unspecified atom stereocenters. The van der Waals surface area contributed by atoms with Crippen LogP contribution in [0.25, 0.3) is 0 Å². The van der Waals surface area contributed by atoms with Crippen LogP contribution >= 0.6 is 24.0 Å². The van der Waals surface area contributed by atoms with E-state index in [2.05, 4.69) is 10.3 Å². The molecule has 0 radical (unpaired) electrons. The highest BCUT2D eigenvalue weighted by molar-refractivity contribution is 14.0. The quantitative estimate of drug-likeness (QED) is 0.344. The van der Waals surface area contributed by atoms with Gasteiger partial charge in [-0.15, -0.1) is 24.0 Å². The van der Waals surface area contributed by atoms with Gasteiger partial charge in [0.1, 0.15) is 11.5 Å². The van der Waals surface area contributed by atoms with Crippen molar-refractivity contribution >= 4 is 39.8 Å². The Bertz CT molecular complexity index is 665. The second-order valence-electron chi connectivity index (χ2n) is 5.24. The van der Waals surface area contributed by atoms with Gasteiger partial charge in [-0.25, -0.2) is 8.42 Å². The number of methoxy groups -OCH3 is 2. The maximum absolute atomic E-state index is 11.6. The number of hydrogen-bond acceptors (Lipinski definition) is 5. The zero-order valence-corrected chi connectivity index (χ0v) is 18.6. The molecule has 1 aromatic carbocycles. The number of rotatable bonds is 8. The number of nitrogens with zero attached hydrogens (tertiary/aromatic N) is 2. The summed E-state index contributed by atoms with van der Waals surface area (Å²) in [5.41, 5.74) is 0.977. The van der Waals surface area contributed by atoms with Gasteiger partial charge in [0.05, 0.1) is 20.0 Å². The lowest BCUT2D eigenvalue weighted by molar-refractivity contribution is 0.382. The van der Waals surface area contributed by atoms with Crippen LogP contribution in [0.2, 0.25) is 0 Å². The largest absolute Gasteiger partial charge is 0.497 e. The fraction of sp³-hybridized carbons (Fsp3) is 0.562. The highest BCUT2D eigenvalue weighted by Gasteiger charge is 2.12. The maximum atomic E-state index is 11.6. The SMILES string of the molecule is CCS(=O)(=O)CCNC(=NC)N(C)Cc1ccc(OC)cc1OC.I. The van der Waals surface area contributed by atoms with Gasteiger partial charge in [0.25, 0.3) is 0 Å². The summed E-state index contributed by atoms with van der Waals surface area (Å²) in [5.74, 6) is 2.31. The van der Waals surface area contributed by atoms with E-state index in [0.29, 0.717) is 19.0 Å². The highest BCUT2D eigenvalue weighted by atomic mass is 127. The Morgan fingerprint density at radius 1 is 1.28 bits per heavy atom. The molecule has 0 saturated carbocycles. The molecular formula is C16H28IN3O4S. The molecule has 9 heteroatoms. The summed E-state index contributed by atoms with van der Waals surface area (Å²) >= 11 is 0. The van der Waals surface area contributed by atoms with Crippen LogP contribution in [0.15, 0.2) is 23.2 Å². The van der Waals surface area contributed by atoms with Crippen LogP contribution in [0.5, 0.6) is 11.5 Å². The minimum Gasteiger partial charge on any atom is -0.497 e. The Kier molecular flexibility index (Phi) is 10.8. The molecule has 0 spiro atoms. The predicted octanol–water partition coefficient (Wildman–Crippen LogP) is 1.76. The zero-order valence-electron chi connectivity index (χ0n) is 15.4. The number of hydrogen-bond donors (Lipinski definition) is 1. The second-order valence-corrected chi connectivity index (χ2v) is 7.72. The molecule has 25 heavy (non-hydrogen) atoms. The molecule has 0 heterocycles. The van der Waals surface area contributed by atoms with Gasteiger partial charge in [-0.05, 0) is 12.1 Å². The predicted molar refractivity (Wildman–Crippen MR) is 112 cm³/mol. The topological polar surface area (TPSA) is 80.2 Å². The Hall–Kier alpha value is -1.23. The van der Waals surface area contributed by atoms with Gasteiger partial charge in [0.2, 0.25) is 0 Å². The molecule has 0 aromatic heterocycles. The summed E-state index contributed by atoms with van der Waals surface area (Å²) in [6.07, 6.45) is 0. The summed E-state index contributed by atoms with van der Waals surface area (Å²) in [5, 5.41) is 3.07. The molecule has 0 aliphatic heterocycles. The van der Waals surface area contributed by atoms with Gasteiger partial charge < -0.3 is 19.7 Å². The van der Waals surface area contributed by atoms with Crippen LogP contribution in [0.4, 0.5) is 0 Å². The van der Waals surface area contributed by atoms with Crippen LogP contribution in [-0.4, -0.2) is 65.6 Å². The Labute approximate surface area is 167 Å². The summed E-state index contributed by atoms with van der Waals surface area (Å²) in [7, 11) is 3.77. The van der Waals surface area contributed by atoms with E-state index in [-0.39, 0.29) is 35.5 Å². The van der Waals surface area contributed by atoms with E-state index in [0.717, 1.165) is 17.1 Å². The van der Waals surface area contributed by atoms with Crippen molar-refractivity contribution in [3.8, 4) is 11.5 Å². The number of halogens is 1. The lowest BCUT2D eigenvalue weighted by Gasteiger charge is -2.23. The van der Waals surface area contributed by atoms with Crippen LogP contribution in [0.1, 0.15) is 12.5 Å². The normalized spacial score (nSPS) is 11.5. The van der Waals surface area contributed by atoms with Gasteiger partial charge in [-0.2, -0.15) is 0 Å². The third-order valence-corrected chi connectivity index (χ3v) is 5.32. The average molecular weight is 485 g/mol. The van der Waals surface area contributed by atoms with Crippen LogP contribution in [0.3, 0.4) is 0 Å². The van der Waals surface area contributed by atoms with Crippen molar-refractivity contribution in [3.05, 3.63) is 23.8 Å². The minimum atomic E-state index is -3.00. The number of benzene rings is 1. The van der Waals surface area contributed by atoms with Crippen molar-refractivity contribution in [3.63, 3.8) is 0 Å². The summed E-state index contributed by atoms with van der Waals surface area (Å²) in [6, 6.07) is 5.63. The number of aliphatic imine (C=N–C) groups is 1. The average Bonchev–Trinajstić information content (AvgIpc) is 2.58. The van der Waals surface area contributed by atoms with E-state index in [1.807, 2.05) is 30.1 Å². The van der Waals surface area contributed by atoms with Crippen molar-refractivity contribution < 1.29 is 17.9 Å². The number of nitrogens with one attached hydrogen (secondary N) is 1. The molecule has 0 saturated heterocycles. The van der Waals surface area contributed by atoms with Crippen molar-refractivity contribution in [2.75, 3.05) is 46.4 Å². The summed E-state index contributed by atoms with van der Waals surface area (Å²) < 4.78 is 33.7. The van der Waals surface area contributed by atoms with Gasteiger partial charge in [0, 0.05) is 44.6 Å². The third kappa shape index (κ3) is 7.68. The smallest absolute Gasteiger partial charge is 0.193 e. The summed E-state index contributed by atoms with van der Waals surface area (Å²) in [6.45, 7) is 2.53. The van der Waals surface area contributed by atoms with E-state index in [9.17, 15) is 8.42 Å². The molecular weight excluding hydrogens is 457 g/mol. The molecule has 144 valence electrons. The molecule has 0 fully saturated rings. The van der Waals surface area contributed by atoms with E-state index < -0.39 is 9.84 Å². The van der Waals surface area contributed by atoms with E-state index >= 15 is 0 Å². The number of ether oxygens (including phenoxy) is 2. The first kappa shape index (κ1) is 23.8. The molecule has 0 aliphatic rings. The van der Waals surface area contributed by atoms with Crippen molar-refractivity contribution in [2.45, 2.75) is 13.5 Å². The molecule has 0 aliphatic carbocycles. The van der Waals surface area contributed by atoms with Crippen LogP contribution in [0, 0.1) is 0 Å². The standard InChI is InChI=1S/C16H27N3O4S.HI/c1-6-24(20,21)10-9-18-16(17-2)19(3)12-13-7-8-14(22-4)11-15(13)23-5;/h7-8,11H,6,9-10,12H2,1-5H3,(H,17,18);1H. The first-order valence-corrected chi connectivity index (χ1v) is 9.52. The fourth-order valence-electron chi connectivity index (χ4n) is 2.16. The maximum Gasteiger partial charge on any atom is 0.193 e. The van der Waals surface area contributed by atoms with Crippen molar-refractivity contribution in [1.82, 2.24) is 10.2 Å². The van der Waals surface area contributed by atoms with Crippen molar-refractivity contribution in [1.29, 1.82) is 0 Å². The molecule has 7 nitrogen and oxygen atoms in total. The third-order valence-electron chi connectivity index (χ3n) is 3.61. The molecule has 1 aromatic rings. The van der Waals surface area contributed by atoms with Gasteiger partial charge in [0.15, 0.2) is 15.8 Å². The minimum absolute atomic E-state index is 0. The van der Waals surface area contributed by atoms with Gasteiger partial charge in [-0.1, -0.05) is 6.92 Å². The van der Waals surface area contributed by atoms with Crippen LogP contribution < -0.4 is 14.8 Å². The number of guanidine groups is 1. The number of sulfone groups is 1. The highest BCUT2D eigenvalue weighted by Crippen LogP contribution is 2.25. The molecule has 0 bridgehead atoms. The Morgan fingerprint density at radius 2 is 1.96 bits per heavy atom. The van der Waals surface area contributed by atoms with Crippen LogP contribution in [-0.2, 0) is 16.4 Å². The van der Waals surface area contributed by atoms with E-state index in [1.54, 1.807) is 28.2 Å². The zero-order chi connectivity index (χ0) is 18.2. The van der Waals surface area contributed by atoms with E-state index in [1.165, 1.54) is 0 Å². The fourth-order valence-corrected chi connectivity index (χ4v) is 2.86.